The molecule has 2 aliphatic heterocycles. The van der Waals surface area contributed by atoms with Crippen molar-refractivity contribution in [3.8, 4) is 33.6 Å². The zero-order valence-corrected chi connectivity index (χ0v) is 30.8. The second-order valence-electron chi connectivity index (χ2n) is 14.4. The van der Waals surface area contributed by atoms with Crippen molar-refractivity contribution in [2.45, 2.75) is 77.5 Å². The van der Waals surface area contributed by atoms with Crippen molar-refractivity contribution in [1.29, 1.82) is 0 Å². The molecule has 4 heterocycles. The van der Waals surface area contributed by atoms with Crippen molar-refractivity contribution in [2.75, 3.05) is 20.2 Å². The molecule has 2 aromatic heterocycles. The van der Waals surface area contributed by atoms with E-state index in [2.05, 4.69) is 54.8 Å². The monoisotopic (exact) mass is 724 g/mol. The second kappa shape index (κ2) is 15.9. The van der Waals surface area contributed by atoms with Gasteiger partial charge in [-0.25, -0.2) is 19.6 Å². The number of likely N-dealkylation sites (tertiary alicyclic amines) is 2. The summed E-state index contributed by atoms with van der Waals surface area (Å²) in [4.78, 5) is 69.8. The third-order valence-electron chi connectivity index (χ3n) is 10.2. The molecule has 2 fully saturated rings. The average molecular weight is 725 g/mol. The molecular weight excluding hydrogens is 676 g/mol. The van der Waals surface area contributed by atoms with Crippen LogP contribution in [0.15, 0.2) is 60.9 Å². The van der Waals surface area contributed by atoms with Gasteiger partial charge in [-0.3, -0.25) is 9.59 Å². The summed E-state index contributed by atoms with van der Waals surface area (Å²) in [6, 6.07) is 14.4. The van der Waals surface area contributed by atoms with E-state index in [9.17, 15) is 24.3 Å². The van der Waals surface area contributed by atoms with E-state index in [-0.39, 0.29) is 35.7 Å². The number of imidazole rings is 2. The van der Waals surface area contributed by atoms with Crippen LogP contribution in [0.5, 0.6) is 0 Å². The standard InChI is InChI=1S/C39H48N8O6/c1-22(2)32(44-38(50)51)36(48)46-18-6-8-30(46)34-40-20-28(42-34)26-14-10-24(11-15-26)25-12-16-27(17-13-25)29-21-41-35(43-29)31-9-7-19-47(31)37(49)33(23(3)4)45-39(52)53-5/h10-17,20-23,30-33,44H,6-9,18-19H2,1-5H3,(H,40,42)(H,41,43)(H,45,52)(H,50,51)/t30-,31?,32-,33-/m0/s1. The molecule has 5 N–H and O–H groups in total. The first-order valence-corrected chi connectivity index (χ1v) is 18.2. The Morgan fingerprint density at radius 1 is 0.698 bits per heavy atom. The summed E-state index contributed by atoms with van der Waals surface area (Å²) in [5.41, 5.74) is 5.70. The molecule has 2 aromatic carbocycles. The van der Waals surface area contributed by atoms with Crippen LogP contribution in [0, 0.1) is 11.8 Å². The van der Waals surface area contributed by atoms with E-state index >= 15 is 0 Å². The lowest BCUT2D eigenvalue weighted by Crippen LogP contribution is -2.51. The summed E-state index contributed by atoms with van der Waals surface area (Å²) in [5.74, 6) is 0.737. The summed E-state index contributed by atoms with van der Waals surface area (Å²) in [7, 11) is 1.29. The number of nitrogens with zero attached hydrogens (tertiary/aromatic N) is 4. The highest BCUT2D eigenvalue weighted by Crippen LogP contribution is 2.35. The van der Waals surface area contributed by atoms with Crippen LogP contribution in [0.4, 0.5) is 9.59 Å². The number of carboxylic acid groups (broad SMARTS) is 1. The molecule has 2 saturated heterocycles. The van der Waals surface area contributed by atoms with Crippen molar-refractivity contribution in [1.82, 2.24) is 40.4 Å². The predicted octanol–water partition coefficient (Wildman–Crippen LogP) is 6.13. The number of rotatable bonds is 11. The number of ether oxygens (including phenoxy) is 1. The van der Waals surface area contributed by atoms with Crippen LogP contribution < -0.4 is 10.6 Å². The lowest BCUT2D eigenvalue weighted by molar-refractivity contribution is -0.136. The van der Waals surface area contributed by atoms with E-state index in [4.69, 9.17) is 4.74 Å². The quantitative estimate of drug-likeness (QED) is 0.122. The van der Waals surface area contributed by atoms with E-state index in [1.54, 1.807) is 22.2 Å². The zero-order chi connectivity index (χ0) is 37.8. The number of nitrogens with one attached hydrogen (secondary N) is 4. The smallest absolute Gasteiger partial charge is 0.407 e. The molecule has 0 spiro atoms. The van der Waals surface area contributed by atoms with Gasteiger partial charge in [0.15, 0.2) is 0 Å². The maximum atomic E-state index is 13.5. The fraction of sp³-hybridized carbons (Fsp3) is 0.436. The molecule has 14 heteroatoms. The number of aromatic amines is 2. The summed E-state index contributed by atoms with van der Waals surface area (Å²) in [5, 5.41) is 14.3. The van der Waals surface area contributed by atoms with E-state index in [1.807, 2.05) is 52.0 Å². The number of alkyl carbamates (subject to hydrolysis) is 1. The van der Waals surface area contributed by atoms with E-state index in [1.165, 1.54) is 7.11 Å². The largest absolute Gasteiger partial charge is 0.465 e. The second-order valence-corrected chi connectivity index (χ2v) is 14.4. The lowest BCUT2D eigenvalue weighted by atomic mass is 10.0. The van der Waals surface area contributed by atoms with Crippen molar-refractivity contribution in [2.24, 2.45) is 11.8 Å². The average Bonchev–Trinajstić information content (AvgIpc) is 3.98. The number of carbonyl (C=O) groups excluding carboxylic acids is 3. The van der Waals surface area contributed by atoms with Gasteiger partial charge < -0.3 is 40.2 Å². The molecule has 6 rings (SSSR count). The van der Waals surface area contributed by atoms with Crippen LogP contribution >= 0.6 is 0 Å². The van der Waals surface area contributed by atoms with Crippen LogP contribution in [0.2, 0.25) is 0 Å². The number of aromatic nitrogens is 4. The third-order valence-corrected chi connectivity index (χ3v) is 10.2. The van der Waals surface area contributed by atoms with Gasteiger partial charge in [-0.15, -0.1) is 0 Å². The highest BCUT2D eigenvalue weighted by molar-refractivity contribution is 5.87. The van der Waals surface area contributed by atoms with E-state index in [0.29, 0.717) is 18.9 Å². The van der Waals surface area contributed by atoms with Gasteiger partial charge in [-0.05, 0) is 59.8 Å². The minimum atomic E-state index is -1.21. The number of hydrogen-bond donors (Lipinski definition) is 5. The molecule has 0 radical (unpaired) electrons. The van der Waals surface area contributed by atoms with E-state index in [0.717, 1.165) is 65.1 Å². The Morgan fingerprint density at radius 2 is 1.09 bits per heavy atom. The summed E-state index contributed by atoms with van der Waals surface area (Å²) < 4.78 is 4.75. The van der Waals surface area contributed by atoms with Gasteiger partial charge in [-0.1, -0.05) is 76.2 Å². The normalized spacial score (nSPS) is 18.3. The summed E-state index contributed by atoms with van der Waals surface area (Å²) in [6.45, 7) is 8.59. The molecule has 4 atom stereocenters. The number of H-pyrrole nitrogens is 2. The molecule has 280 valence electrons. The lowest BCUT2D eigenvalue weighted by Gasteiger charge is -2.30. The first kappa shape index (κ1) is 37.1. The highest BCUT2D eigenvalue weighted by atomic mass is 16.5. The molecular formula is C39H48N8O6. The summed E-state index contributed by atoms with van der Waals surface area (Å²) in [6.07, 6.45) is 4.91. The maximum Gasteiger partial charge on any atom is 0.407 e. The van der Waals surface area contributed by atoms with Crippen LogP contribution in [0.1, 0.15) is 77.1 Å². The van der Waals surface area contributed by atoms with Crippen LogP contribution in [0.3, 0.4) is 0 Å². The van der Waals surface area contributed by atoms with Gasteiger partial charge in [0.25, 0.3) is 0 Å². The Morgan fingerprint density at radius 3 is 1.47 bits per heavy atom. The number of carbonyl (C=O) groups is 4. The molecule has 53 heavy (non-hydrogen) atoms. The Balaban J connectivity index is 1.11. The van der Waals surface area contributed by atoms with Crippen molar-refractivity contribution in [3.63, 3.8) is 0 Å². The molecule has 4 amide bonds. The Bertz CT molecular complexity index is 1920. The minimum Gasteiger partial charge on any atom is -0.465 e. The van der Waals surface area contributed by atoms with Crippen LogP contribution in [-0.2, 0) is 14.3 Å². The fourth-order valence-corrected chi connectivity index (χ4v) is 7.32. The third kappa shape index (κ3) is 8.06. The van der Waals surface area contributed by atoms with Gasteiger partial charge in [0, 0.05) is 13.1 Å². The van der Waals surface area contributed by atoms with Crippen molar-refractivity contribution >= 4 is 24.0 Å². The fourth-order valence-electron chi connectivity index (χ4n) is 7.32. The predicted molar refractivity (Wildman–Crippen MR) is 198 cm³/mol. The van der Waals surface area contributed by atoms with Gasteiger partial charge in [0.1, 0.15) is 23.7 Å². The van der Waals surface area contributed by atoms with Crippen LogP contribution in [0.25, 0.3) is 33.6 Å². The Kier molecular flexibility index (Phi) is 11.2. The SMILES string of the molecule is COC(=O)N[C@H](C(=O)N1CCCC1c1ncc(-c2ccc(-c3ccc(-c4cnc([C@@H]5CCCN5C(=O)[C@@H](NC(=O)O)C(C)C)[nH]4)cc3)cc2)[nH]1)C(C)C. The van der Waals surface area contributed by atoms with E-state index < -0.39 is 24.3 Å². The number of hydrogen-bond acceptors (Lipinski definition) is 7. The molecule has 0 aliphatic carbocycles. The molecule has 2 aliphatic rings. The molecule has 0 saturated carbocycles. The maximum absolute atomic E-state index is 13.5. The van der Waals surface area contributed by atoms with Gasteiger partial charge >= 0.3 is 12.2 Å². The topological polar surface area (TPSA) is 186 Å². The van der Waals surface area contributed by atoms with Gasteiger partial charge in [0.2, 0.25) is 11.8 Å². The Labute approximate surface area is 308 Å². The van der Waals surface area contributed by atoms with Gasteiger partial charge in [-0.2, -0.15) is 0 Å². The van der Waals surface area contributed by atoms with Gasteiger partial charge in [0.05, 0.1) is 43.0 Å². The highest BCUT2D eigenvalue weighted by Gasteiger charge is 2.39. The molecule has 1 unspecified atom stereocenters. The Hall–Kier alpha value is -5.66. The summed E-state index contributed by atoms with van der Waals surface area (Å²) >= 11 is 0. The molecule has 4 aromatic rings. The first-order chi connectivity index (χ1) is 25.4. The first-order valence-electron chi connectivity index (χ1n) is 18.2. The zero-order valence-electron chi connectivity index (χ0n) is 30.8. The molecule has 14 nitrogen and oxygen atoms in total. The molecule has 0 bridgehead atoms. The van der Waals surface area contributed by atoms with Crippen molar-refractivity contribution < 1.29 is 29.0 Å². The number of amides is 4. The minimum absolute atomic E-state index is 0.107. The number of methoxy groups -OCH3 is 1. The van der Waals surface area contributed by atoms with Crippen LogP contribution in [-0.4, -0.2) is 91.1 Å². The van der Waals surface area contributed by atoms with Crippen molar-refractivity contribution in [3.05, 3.63) is 72.6 Å². The number of benzene rings is 2.